The molecule has 0 heterocycles. The van der Waals surface area contributed by atoms with Gasteiger partial charge in [-0.25, -0.2) is 5.21 Å². The number of nitrogens with zero attached hydrogens (tertiary/aromatic N) is 1. The van der Waals surface area contributed by atoms with Crippen molar-refractivity contribution >= 4 is 0 Å². The predicted octanol–water partition coefficient (Wildman–Crippen LogP) is 3.69. The van der Waals surface area contributed by atoms with Gasteiger partial charge in [-0.05, 0) is 19.8 Å². The van der Waals surface area contributed by atoms with Gasteiger partial charge in [-0.1, -0.05) is 45.4 Å². The lowest BCUT2D eigenvalue weighted by Gasteiger charge is -2.31. The van der Waals surface area contributed by atoms with E-state index in [1.807, 2.05) is 6.92 Å². The van der Waals surface area contributed by atoms with E-state index in [2.05, 4.69) is 6.92 Å². The van der Waals surface area contributed by atoms with Gasteiger partial charge in [0.1, 0.15) is 13.1 Å². The number of hydrogen-bond acceptors (Lipinski definition) is 2. The van der Waals surface area contributed by atoms with Gasteiger partial charge in [-0.15, -0.1) is 0 Å². The highest BCUT2D eigenvalue weighted by atomic mass is 16.6. The summed E-state index contributed by atoms with van der Waals surface area (Å²) in [4.78, 5) is 0. The SMILES string of the molecule is CCCCCCCCCC[N+](O)(CC)C(C)O. The number of unbranched alkanes of at least 4 members (excludes halogenated alkanes) is 7. The van der Waals surface area contributed by atoms with Crippen LogP contribution in [0.25, 0.3) is 0 Å². The molecule has 104 valence electrons. The molecule has 0 aliphatic carbocycles. The van der Waals surface area contributed by atoms with Crippen LogP contribution in [0.5, 0.6) is 0 Å². The molecule has 0 aromatic heterocycles. The maximum Gasteiger partial charge on any atom is 0.217 e. The number of rotatable bonds is 11. The summed E-state index contributed by atoms with van der Waals surface area (Å²) in [6.07, 6.45) is 9.42. The van der Waals surface area contributed by atoms with E-state index in [0.29, 0.717) is 13.1 Å². The molecule has 0 aromatic carbocycles. The van der Waals surface area contributed by atoms with Crippen molar-refractivity contribution in [2.75, 3.05) is 13.1 Å². The van der Waals surface area contributed by atoms with Crippen LogP contribution in [0, 0.1) is 0 Å². The van der Waals surface area contributed by atoms with Gasteiger partial charge in [0.05, 0.1) is 0 Å². The summed E-state index contributed by atoms with van der Waals surface area (Å²) < 4.78 is -0.199. The molecule has 2 atom stereocenters. The zero-order valence-electron chi connectivity index (χ0n) is 12.0. The van der Waals surface area contributed by atoms with Crippen LogP contribution in [0.15, 0.2) is 0 Å². The molecule has 0 aliphatic rings. The van der Waals surface area contributed by atoms with E-state index in [0.717, 1.165) is 6.42 Å². The van der Waals surface area contributed by atoms with Crippen molar-refractivity contribution in [3.8, 4) is 0 Å². The van der Waals surface area contributed by atoms with Gasteiger partial charge in [0.2, 0.25) is 6.23 Å². The minimum absolute atomic E-state index is 0.199. The van der Waals surface area contributed by atoms with Crippen LogP contribution in [-0.4, -0.2) is 34.3 Å². The van der Waals surface area contributed by atoms with E-state index in [1.54, 1.807) is 6.92 Å². The Bertz CT molecular complexity index is 174. The first-order valence-electron chi connectivity index (χ1n) is 7.34. The summed E-state index contributed by atoms with van der Waals surface area (Å²) in [6.45, 7) is 7.06. The molecule has 0 saturated heterocycles. The maximum absolute atomic E-state index is 10.1. The minimum atomic E-state index is -0.676. The Balaban J connectivity index is 3.44. The monoisotopic (exact) mass is 246 g/mol. The third kappa shape index (κ3) is 7.74. The standard InChI is InChI=1S/C14H32NO2/c1-4-6-7-8-9-10-11-12-13-15(17,5-2)14(3)16/h14,16-17H,4-13H2,1-3H3/q+1. The van der Waals surface area contributed by atoms with E-state index in [1.165, 1.54) is 44.9 Å². The van der Waals surface area contributed by atoms with Gasteiger partial charge in [0.15, 0.2) is 0 Å². The van der Waals surface area contributed by atoms with Crippen LogP contribution in [0.1, 0.15) is 72.1 Å². The fourth-order valence-electron chi connectivity index (χ4n) is 2.13. The number of hydrogen-bond donors (Lipinski definition) is 2. The zero-order chi connectivity index (χ0) is 13.1. The van der Waals surface area contributed by atoms with E-state index in [9.17, 15) is 10.3 Å². The Hall–Kier alpha value is -0.120. The van der Waals surface area contributed by atoms with E-state index >= 15 is 0 Å². The van der Waals surface area contributed by atoms with Crippen molar-refractivity contribution in [1.29, 1.82) is 0 Å². The van der Waals surface area contributed by atoms with Crippen LogP contribution in [0.3, 0.4) is 0 Å². The molecule has 0 aliphatic heterocycles. The van der Waals surface area contributed by atoms with Crippen LogP contribution in [-0.2, 0) is 0 Å². The molecule has 0 spiro atoms. The lowest BCUT2D eigenvalue weighted by Crippen LogP contribution is -2.51. The topological polar surface area (TPSA) is 40.5 Å². The zero-order valence-corrected chi connectivity index (χ0v) is 12.0. The molecular formula is C14H32NO2+. The average molecular weight is 246 g/mol. The Morgan fingerprint density at radius 2 is 1.35 bits per heavy atom. The van der Waals surface area contributed by atoms with E-state index in [-0.39, 0.29) is 4.65 Å². The fraction of sp³-hybridized carbons (Fsp3) is 1.00. The molecule has 2 unspecified atom stereocenters. The molecule has 0 fully saturated rings. The van der Waals surface area contributed by atoms with Crippen molar-refractivity contribution < 1.29 is 15.0 Å². The highest BCUT2D eigenvalue weighted by Gasteiger charge is 2.28. The third-order valence-corrected chi connectivity index (χ3v) is 3.64. The summed E-state index contributed by atoms with van der Waals surface area (Å²) in [7, 11) is 0. The molecule has 3 nitrogen and oxygen atoms in total. The molecule has 0 radical (unpaired) electrons. The third-order valence-electron chi connectivity index (χ3n) is 3.64. The van der Waals surface area contributed by atoms with Crippen LogP contribution in [0.2, 0.25) is 0 Å². The summed E-state index contributed by atoms with van der Waals surface area (Å²) in [5.41, 5.74) is 0. The largest absolute Gasteiger partial charge is 0.343 e. The Kier molecular flexibility index (Phi) is 9.79. The first-order chi connectivity index (χ1) is 8.06. The quantitative estimate of drug-likeness (QED) is 0.253. The summed E-state index contributed by atoms with van der Waals surface area (Å²) in [5, 5.41) is 19.6. The Labute approximate surface area is 107 Å². The molecule has 0 bridgehead atoms. The van der Waals surface area contributed by atoms with E-state index in [4.69, 9.17) is 0 Å². The first-order valence-corrected chi connectivity index (χ1v) is 7.34. The summed E-state index contributed by atoms with van der Waals surface area (Å²) in [5.74, 6) is 0. The highest BCUT2D eigenvalue weighted by molar-refractivity contribution is 4.46. The second-order valence-electron chi connectivity index (χ2n) is 5.13. The maximum atomic E-state index is 10.1. The molecule has 0 rings (SSSR count). The van der Waals surface area contributed by atoms with Gasteiger partial charge >= 0.3 is 0 Å². The molecule has 2 N–H and O–H groups in total. The number of quaternary nitrogens is 1. The van der Waals surface area contributed by atoms with Gasteiger partial charge in [0.25, 0.3) is 0 Å². The lowest BCUT2D eigenvalue weighted by molar-refractivity contribution is -1.13. The van der Waals surface area contributed by atoms with Crippen molar-refractivity contribution in [2.24, 2.45) is 0 Å². The smallest absolute Gasteiger partial charge is 0.217 e. The predicted molar refractivity (Wildman–Crippen MR) is 71.7 cm³/mol. The Morgan fingerprint density at radius 1 is 0.882 bits per heavy atom. The normalized spacial score (nSPS) is 16.8. The number of aliphatic hydroxyl groups excluding tert-OH is 1. The van der Waals surface area contributed by atoms with E-state index < -0.39 is 6.23 Å². The highest BCUT2D eigenvalue weighted by Crippen LogP contribution is 2.13. The van der Waals surface area contributed by atoms with Crippen LogP contribution in [0.4, 0.5) is 0 Å². The van der Waals surface area contributed by atoms with Crippen molar-refractivity contribution in [2.45, 2.75) is 78.4 Å². The van der Waals surface area contributed by atoms with Crippen LogP contribution < -0.4 is 0 Å². The average Bonchev–Trinajstić information content (AvgIpc) is 2.32. The van der Waals surface area contributed by atoms with Gasteiger partial charge in [0, 0.05) is 6.92 Å². The fourth-order valence-corrected chi connectivity index (χ4v) is 2.13. The summed E-state index contributed by atoms with van der Waals surface area (Å²) >= 11 is 0. The first kappa shape index (κ1) is 16.9. The number of aliphatic hydroxyl groups is 1. The van der Waals surface area contributed by atoms with Crippen LogP contribution >= 0.6 is 0 Å². The molecule has 0 saturated carbocycles. The van der Waals surface area contributed by atoms with Gasteiger partial charge in [-0.2, -0.15) is 4.65 Å². The lowest BCUT2D eigenvalue weighted by atomic mass is 10.1. The van der Waals surface area contributed by atoms with Gasteiger partial charge in [-0.3, -0.25) is 0 Å². The summed E-state index contributed by atoms with van der Waals surface area (Å²) in [6, 6.07) is 0. The second kappa shape index (κ2) is 9.86. The van der Waals surface area contributed by atoms with Gasteiger partial charge < -0.3 is 5.11 Å². The molecule has 0 amide bonds. The molecule has 3 heteroatoms. The van der Waals surface area contributed by atoms with Crippen molar-refractivity contribution in [1.82, 2.24) is 0 Å². The van der Waals surface area contributed by atoms with Crippen molar-refractivity contribution in [3.63, 3.8) is 0 Å². The second-order valence-corrected chi connectivity index (χ2v) is 5.13. The minimum Gasteiger partial charge on any atom is -0.343 e. The number of hydroxylamine groups is 3. The molecular weight excluding hydrogens is 214 g/mol. The Morgan fingerprint density at radius 3 is 1.76 bits per heavy atom. The molecule has 0 aromatic rings. The van der Waals surface area contributed by atoms with Crippen molar-refractivity contribution in [3.05, 3.63) is 0 Å². The molecule has 17 heavy (non-hydrogen) atoms.